The summed E-state index contributed by atoms with van der Waals surface area (Å²) < 4.78 is 18.5. The highest BCUT2D eigenvalue weighted by molar-refractivity contribution is 5.88. The molecule has 1 N–H and O–H groups in total. The molecule has 0 spiro atoms. The van der Waals surface area contributed by atoms with Gasteiger partial charge in [0.2, 0.25) is 0 Å². The van der Waals surface area contributed by atoms with Crippen molar-refractivity contribution in [1.82, 2.24) is 9.80 Å². The van der Waals surface area contributed by atoms with Crippen LogP contribution in [0.2, 0.25) is 0 Å². The van der Waals surface area contributed by atoms with Gasteiger partial charge >= 0.3 is 11.7 Å². The van der Waals surface area contributed by atoms with Crippen molar-refractivity contribution >= 4 is 17.6 Å². The molecule has 1 fully saturated rings. The van der Waals surface area contributed by atoms with E-state index in [1.165, 1.54) is 12.1 Å². The number of amides is 1. The van der Waals surface area contributed by atoms with Gasteiger partial charge in [-0.15, -0.1) is 0 Å². The zero-order chi connectivity index (χ0) is 23.4. The fraction of sp³-hybridized carbons (Fsp3) is 0.364. The first kappa shape index (κ1) is 23.1. The van der Waals surface area contributed by atoms with E-state index in [0.29, 0.717) is 19.6 Å². The Morgan fingerprint density at radius 3 is 2.47 bits per heavy atom. The summed E-state index contributed by atoms with van der Waals surface area (Å²) in [7, 11) is 0. The number of carboxylic acid groups (broad SMARTS) is 1. The third kappa shape index (κ3) is 5.38. The van der Waals surface area contributed by atoms with Crippen molar-refractivity contribution < 1.29 is 28.7 Å². The molecule has 3 rings (SSSR count). The van der Waals surface area contributed by atoms with E-state index in [-0.39, 0.29) is 35.1 Å². The summed E-state index contributed by atoms with van der Waals surface area (Å²) in [4.78, 5) is 38.3. The first-order chi connectivity index (χ1) is 15.2. The van der Waals surface area contributed by atoms with Gasteiger partial charge in [0, 0.05) is 43.9 Å². The summed E-state index contributed by atoms with van der Waals surface area (Å²) in [6.45, 7) is 5.09. The summed E-state index contributed by atoms with van der Waals surface area (Å²) >= 11 is 0. The number of nitro benzene ring substituents is 1. The van der Waals surface area contributed by atoms with E-state index in [0.717, 1.165) is 23.8 Å². The van der Waals surface area contributed by atoms with Gasteiger partial charge in [-0.1, -0.05) is 12.1 Å². The Labute approximate surface area is 184 Å². The zero-order valence-electron chi connectivity index (χ0n) is 17.7. The predicted molar refractivity (Wildman–Crippen MR) is 113 cm³/mol. The van der Waals surface area contributed by atoms with Gasteiger partial charge in [0.25, 0.3) is 5.91 Å². The number of benzene rings is 2. The number of ether oxygens (including phenoxy) is 1. The first-order valence-electron chi connectivity index (χ1n) is 10.1. The number of nitro groups is 1. The molecule has 9 nitrogen and oxygen atoms in total. The highest BCUT2D eigenvalue weighted by atomic mass is 19.1. The van der Waals surface area contributed by atoms with Crippen molar-refractivity contribution in [3.05, 3.63) is 69.5 Å². The molecular weight excluding hydrogens is 421 g/mol. The molecule has 170 valence electrons. The molecule has 0 bridgehead atoms. The second-order valence-electron chi connectivity index (χ2n) is 7.83. The number of carbonyl (C=O) groups is 2. The highest BCUT2D eigenvalue weighted by Crippen LogP contribution is 2.28. The highest BCUT2D eigenvalue weighted by Gasteiger charge is 2.32. The maximum Gasteiger partial charge on any atom is 0.335 e. The van der Waals surface area contributed by atoms with Gasteiger partial charge in [-0.25, -0.2) is 9.18 Å². The lowest BCUT2D eigenvalue weighted by atomic mass is 10.1. The Bertz CT molecular complexity index is 1010. The normalized spacial score (nSPS) is 18.9. The molecule has 0 aliphatic carbocycles. The Kier molecular flexibility index (Phi) is 7.04. The predicted octanol–water partition coefficient (Wildman–Crippen LogP) is 2.93. The van der Waals surface area contributed by atoms with Crippen LogP contribution in [0.25, 0.3) is 0 Å². The van der Waals surface area contributed by atoms with Crippen LogP contribution in [0.1, 0.15) is 29.8 Å². The van der Waals surface area contributed by atoms with Crippen molar-refractivity contribution in [3.8, 4) is 5.75 Å². The number of aromatic carboxylic acids is 1. The van der Waals surface area contributed by atoms with E-state index in [4.69, 9.17) is 9.84 Å². The number of carbonyl (C=O) groups excluding carboxylic acids is 1. The minimum Gasteiger partial charge on any atom is -0.478 e. The van der Waals surface area contributed by atoms with Gasteiger partial charge in [-0.3, -0.25) is 19.8 Å². The molecule has 1 amide bonds. The molecule has 2 aromatic carbocycles. The monoisotopic (exact) mass is 445 g/mol. The van der Waals surface area contributed by atoms with Crippen LogP contribution in [-0.4, -0.2) is 63.5 Å². The van der Waals surface area contributed by atoms with Crippen LogP contribution < -0.4 is 4.74 Å². The second kappa shape index (κ2) is 9.73. The summed E-state index contributed by atoms with van der Waals surface area (Å²) in [5.74, 6) is -2.16. The van der Waals surface area contributed by atoms with Crippen molar-refractivity contribution in [2.24, 2.45) is 0 Å². The molecule has 0 aromatic heterocycles. The maximum atomic E-state index is 13.1. The number of halogens is 1. The molecule has 1 saturated heterocycles. The molecule has 1 aliphatic rings. The molecule has 2 atom stereocenters. The molecule has 1 aliphatic heterocycles. The van der Waals surface area contributed by atoms with Gasteiger partial charge < -0.3 is 14.7 Å². The number of hydrogen-bond acceptors (Lipinski definition) is 6. The minimum absolute atomic E-state index is 0.0323. The average Bonchev–Trinajstić information content (AvgIpc) is 2.75. The fourth-order valence-corrected chi connectivity index (χ4v) is 3.73. The minimum atomic E-state index is -1.25. The molecule has 1 heterocycles. The lowest BCUT2D eigenvalue weighted by molar-refractivity contribution is -0.385. The van der Waals surface area contributed by atoms with E-state index >= 15 is 0 Å². The van der Waals surface area contributed by atoms with Crippen molar-refractivity contribution in [1.29, 1.82) is 0 Å². The molecular formula is C22H24FN3O6. The van der Waals surface area contributed by atoms with E-state index < -0.39 is 23.2 Å². The van der Waals surface area contributed by atoms with Gasteiger partial charge in [0.05, 0.1) is 10.5 Å². The Morgan fingerprint density at radius 2 is 1.84 bits per heavy atom. The Balaban J connectivity index is 1.64. The van der Waals surface area contributed by atoms with Crippen LogP contribution in [0.4, 0.5) is 10.1 Å². The third-order valence-electron chi connectivity index (χ3n) is 5.49. The lowest BCUT2D eigenvalue weighted by Gasteiger charge is -2.44. The van der Waals surface area contributed by atoms with Crippen LogP contribution in [0.3, 0.4) is 0 Å². The van der Waals surface area contributed by atoms with Crippen LogP contribution >= 0.6 is 0 Å². The lowest BCUT2D eigenvalue weighted by Crippen LogP contribution is -2.58. The maximum absolute atomic E-state index is 13.1. The molecule has 2 aromatic rings. The Morgan fingerprint density at radius 1 is 1.16 bits per heavy atom. The summed E-state index contributed by atoms with van der Waals surface area (Å²) in [5, 5.41) is 20.3. The second-order valence-corrected chi connectivity index (χ2v) is 7.83. The third-order valence-corrected chi connectivity index (χ3v) is 5.49. The zero-order valence-corrected chi connectivity index (χ0v) is 17.7. The summed E-state index contributed by atoms with van der Waals surface area (Å²) in [6, 6.07) is 9.39. The Hall–Kier alpha value is -3.53. The molecule has 0 unspecified atom stereocenters. The number of rotatable bonds is 7. The standard InChI is InChI=1S/C22H24FN3O6/c1-14-11-25(15(2)10-24(14)12-16-3-6-18(23)7-4-16)21(27)13-32-20-9-17(22(28)29)5-8-19(20)26(30)31/h3-9,14-15H,10-13H2,1-2H3,(H,28,29)/t14-,15+/m1/s1. The number of carboxylic acids is 1. The van der Waals surface area contributed by atoms with Gasteiger partial charge in [0.1, 0.15) is 5.82 Å². The molecule has 32 heavy (non-hydrogen) atoms. The topological polar surface area (TPSA) is 113 Å². The van der Waals surface area contributed by atoms with Gasteiger partial charge in [-0.2, -0.15) is 0 Å². The fourth-order valence-electron chi connectivity index (χ4n) is 3.73. The number of nitrogens with zero attached hydrogens (tertiary/aromatic N) is 3. The van der Waals surface area contributed by atoms with Gasteiger partial charge in [-0.05, 0) is 37.6 Å². The van der Waals surface area contributed by atoms with Crippen molar-refractivity contribution in [2.75, 3.05) is 19.7 Å². The first-order valence-corrected chi connectivity index (χ1v) is 10.1. The quantitative estimate of drug-likeness (QED) is 0.515. The van der Waals surface area contributed by atoms with Gasteiger partial charge in [0.15, 0.2) is 12.4 Å². The van der Waals surface area contributed by atoms with E-state index in [2.05, 4.69) is 4.90 Å². The average molecular weight is 445 g/mol. The number of hydrogen-bond donors (Lipinski definition) is 1. The van der Waals surface area contributed by atoms with Crippen LogP contribution in [0.15, 0.2) is 42.5 Å². The SMILES string of the molecule is C[C@@H]1CN(C(=O)COc2cc(C(=O)O)ccc2[N+](=O)[O-])[C@@H](C)CN1Cc1ccc(F)cc1. The molecule has 0 saturated carbocycles. The summed E-state index contributed by atoms with van der Waals surface area (Å²) in [6.07, 6.45) is 0. The van der Waals surface area contributed by atoms with Crippen LogP contribution in [-0.2, 0) is 11.3 Å². The number of piperazine rings is 1. The molecule has 0 radical (unpaired) electrons. The summed E-state index contributed by atoms with van der Waals surface area (Å²) in [5.41, 5.74) is 0.391. The van der Waals surface area contributed by atoms with Crippen LogP contribution in [0.5, 0.6) is 5.75 Å². The molecule has 10 heteroatoms. The van der Waals surface area contributed by atoms with Crippen LogP contribution in [0, 0.1) is 15.9 Å². The van der Waals surface area contributed by atoms with E-state index in [1.807, 2.05) is 13.8 Å². The van der Waals surface area contributed by atoms with Crippen molar-refractivity contribution in [2.45, 2.75) is 32.5 Å². The van der Waals surface area contributed by atoms with Crippen molar-refractivity contribution in [3.63, 3.8) is 0 Å². The smallest absolute Gasteiger partial charge is 0.335 e. The van der Waals surface area contributed by atoms with E-state index in [1.54, 1.807) is 17.0 Å². The largest absolute Gasteiger partial charge is 0.478 e. The van der Waals surface area contributed by atoms with E-state index in [9.17, 15) is 24.1 Å².